The van der Waals surface area contributed by atoms with E-state index < -0.39 is 4.92 Å². The van der Waals surface area contributed by atoms with E-state index in [1.807, 2.05) is 0 Å². The number of halogens is 1. The number of amides is 1. The summed E-state index contributed by atoms with van der Waals surface area (Å²) in [5.41, 5.74) is 1.02. The van der Waals surface area contributed by atoms with Gasteiger partial charge in [-0.05, 0) is 20.0 Å². The number of rotatable bonds is 5. The number of nitrogens with one attached hydrogen (secondary N) is 2. The molecule has 1 aromatic carbocycles. The second-order valence-corrected chi connectivity index (χ2v) is 4.21. The lowest BCUT2D eigenvalue weighted by Gasteiger charge is -2.11. The molecular formula is C12H18ClN3O3. The predicted octanol–water partition coefficient (Wildman–Crippen LogP) is 2.12. The Balaban J connectivity index is 0.00000324. The maximum Gasteiger partial charge on any atom is 0.274 e. The maximum atomic E-state index is 11.7. The van der Waals surface area contributed by atoms with E-state index in [1.54, 1.807) is 33.0 Å². The zero-order chi connectivity index (χ0) is 13.7. The minimum Gasteiger partial charge on any atom is -0.326 e. The molecule has 1 rings (SSSR count). The third kappa shape index (κ3) is 4.84. The van der Waals surface area contributed by atoms with Crippen LogP contribution in [0.15, 0.2) is 18.2 Å². The standard InChI is InChI=1S/C12H17N3O3.ClH/c1-8-4-5-10(6-11(8)15(17)18)14-12(16)9(2)7-13-3;/h4-6,9,13H,7H2,1-3H3,(H,14,16);1H. The van der Waals surface area contributed by atoms with Gasteiger partial charge in [0.05, 0.1) is 4.92 Å². The minimum atomic E-state index is -0.456. The highest BCUT2D eigenvalue weighted by Gasteiger charge is 2.15. The molecule has 6 nitrogen and oxygen atoms in total. The Morgan fingerprint density at radius 3 is 2.63 bits per heavy atom. The molecule has 1 unspecified atom stereocenters. The Hall–Kier alpha value is -1.66. The molecule has 1 amide bonds. The summed E-state index contributed by atoms with van der Waals surface area (Å²) in [4.78, 5) is 22.1. The van der Waals surface area contributed by atoms with Crippen LogP contribution >= 0.6 is 12.4 Å². The largest absolute Gasteiger partial charge is 0.326 e. The number of nitrogens with zero attached hydrogens (tertiary/aromatic N) is 1. The maximum absolute atomic E-state index is 11.7. The van der Waals surface area contributed by atoms with Crippen LogP contribution in [0, 0.1) is 23.0 Å². The predicted molar refractivity (Wildman–Crippen MR) is 76.8 cm³/mol. The van der Waals surface area contributed by atoms with E-state index in [0.29, 0.717) is 17.8 Å². The van der Waals surface area contributed by atoms with Gasteiger partial charge in [-0.15, -0.1) is 12.4 Å². The first-order valence-electron chi connectivity index (χ1n) is 5.66. The van der Waals surface area contributed by atoms with Crippen molar-refractivity contribution < 1.29 is 9.72 Å². The highest BCUT2D eigenvalue weighted by Crippen LogP contribution is 2.22. The van der Waals surface area contributed by atoms with E-state index >= 15 is 0 Å². The number of carbonyl (C=O) groups excluding carboxylic acids is 1. The zero-order valence-corrected chi connectivity index (χ0v) is 11.9. The zero-order valence-electron chi connectivity index (χ0n) is 11.1. The molecule has 2 N–H and O–H groups in total. The molecule has 0 saturated carbocycles. The van der Waals surface area contributed by atoms with Crippen LogP contribution in [-0.2, 0) is 4.79 Å². The fourth-order valence-corrected chi connectivity index (χ4v) is 1.55. The van der Waals surface area contributed by atoms with Gasteiger partial charge in [-0.1, -0.05) is 13.0 Å². The van der Waals surface area contributed by atoms with Crippen molar-refractivity contribution in [2.24, 2.45) is 5.92 Å². The van der Waals surface area contributed by atoms with Crippen molar-refractivity contribution in [1.29, 1.82) is 0 Å². The van der Waals surface area contributed by atoms with Crippen LogP contribution in [0.2, 0.25) is 0 Å². The molecule has 0 bridgehead atoms. The Morgan fingerprint density at radius 1 is 1.47 bits per heavy atom. The van der Waals surface area contributed by atoms with Crippen molar-refractivity contribution in [2.45, 2.75) is 13.8 Å². The lowest BCUT2D eigenvalue weighted by molar-refractivity contribution is -0.385. The summed E-state index contributed by atoms with van der Waals surface area (Å²) in [7, 11) is 1.76. The number of anilines is 1. The molecule has 7 heteroatoms. The molecule has 0 aliphatic carbocycles. The van der Waals surface area contributed by atoms with E-state index in [9.17, 15) is 14.9 Å². The summed E-state index contributed by atoms with van der Waals surface area (Å²) < 4.78 is 0. The highest BCUT2D eigenvalue weighted by atomic mass is 35.5. The van der Waals surface area contributed by atoms with Crippen LogP contribution in [0.3, 0.4) is 0 Å². The van der Waals surface area contributed by atoms with Gasteiger partial charge in [0.2, 0.25) is 5.91 Å². The lowest BCUT2D eigenvalue weighted by Crippen LogP contribution is -2.28. The summed E-state index contributed by atoms with van der Waals surface area (Å²) >= 11 is 0. The van der Waals surface area contributed by atoms with Crippen LogP contribution < -0.4 is 10.6 Å². The normalized spacial score (nSPS) is 11.3. The van der Waals surface area contributed by atoms with Crippen molar-refractivity contribution in [3.05, 3.63) is 33.9 Å². The van der Waals surface area contributed by atoms with Gasteiger partial charge in [-0.25, -0.2) is 0 Å². The van der Waals surface area contributed by atoms with Crippen LogP contribution in [-0.4, -0.2) is 24.4 Å². The molecule has 0 spiro atoms. The van der Waals surface area contributed by atoms with Crippen molar-refractivity contribution in [3.63, 3.8) is 0 Å². The smallest absolute Gasteiger partial charge is 0.274 e. The summed E-state index contributed by atoms with van der Waals surface area (Å²) in [5.74, 6) is -0.363. The molecule has 0 aliphatic rings. The average molecular weight is 288 g/mol. The van der Waals surface area contributed by atoms with E-state index in [2.05, 4.69) is 10.6 Å². The third-order valence-corrected chi connectivity index (χ3v) is 2.63. The average Bonchev–Trinajstić information content (AvgIpc) is 2.31. The quantitative estimate of drug-likeness (QED) is 0.642. The first-order chi connectivity index (χ1) is 8.45. The van der Waals surface area contributed by atoms with Gasteiger partial charge in [0, 0.05) is 29.8 Å². The number of nitro benzene ring substituents is 1. The number of nitro groups is 1. The second-order valence-electron chi connectivity index (χ2n) is 4.21. The lowest BCUT2D eigenvalue weighted by atomic mass is 10.1. The molecule has 0 aliphatic heterocycles. The van der Waals surface area contributed by atoms with Gasteiger partial charge in [-0.2, -0.15) is 0 Å². The first-order valence-corrected chi connectivity index (χ1v) is 5.66. The Bertz CT molecular complexity index is 466. The van der Waals surface area contributed by atoms with Crippen LogP contribution in [0.5, 0.6) is 0 Å². The minimum absolute atomic E-state index is 0. The molecule has 0 fully saturated rings. The Morgan fingerprint density at radius 2 is 2.11 bits per heavy atom. The number of benzene rings is 1. The number of carbonyl (C=O) groups is 1. The van der Waals surface area contributed by atoms with Crippen LogP contribution in [0.4, 0.5) is 11.4 Å². The Kier molecular flexibility index (Phi) is 7.03. The molecule has 0 aromatic heterocycles. The molecular weight excluding hydrogens is 270 g/mol. The van der Waals surface area contributed by atoms with Crippen molar-refractivity contribution in [2.75, 3.05) is 18.9 Å². The van der Waals surface area contributed by atoms with Gasteiger partial charge < -0.3 is 10.6 Å². The SMILES string of the molecule is CNCC(C)C(=O)Nc1ccc(C)c([N+](=O)[O-])c1.Cl. The molecule has 0 radical (unpaired) electrons. The molecule has 0 saturated heterocycles. The monoisotopic (exact) mass is 287 g/mol. The fraction of sp³-hybridized carbons (Fsp3) is 0.417. The second kappa shape index (κ2) is 7.70. The molecule has 106 valence electrons. The van der Waals surface area contributed by atoms with E-state index in [1.165, 1.54) is 6.07 Å². The van der Waals surface area contributed by atoms with Gasteiger partial charge in [0.15, 0.2) is 0 Å². The highest BCUT2D eigenvalue weighted by molar-refractivity contribution is 5.92. The van der Waals surface area contributed by atoms with Crippen LogP contribution in [0.1, 0.15) is 12.5 Å². The van der Waals surface area contributed by atoms with Crippen molar-refractivity contribution >= 4 is 29.7 Å². The molecule has 1 atom stereocenters. The third-order valence-electron chi connectivity index (χ3n) is 2.63. The van der Waals surface area contributed by atoms with Gasteiger partial charge >= 0.3 is 0 Å². The van der Waals surface area contributed by atoms with Crippen molar-refractivity contribution in [1.82, 2.24) is 5.32 Å². The van der Waals surface area contributed by atoms with E-state index in [4.69, 9.17) is 0 Å². The topological polar surface area (TPSA) is 84.3 Å². The van der Waals surface area contributed by atoms with Crippen molar-refractivity contribution in [3.8, 4) is 0 Å². The summed E-state index contributed by atoms with van der Waals surface area (Å²) in [6.45, 7) is 4.00. The fourth-order valence-electron chi connectivity index (χ4n) is 1.55. The van der Waals surface area contributed by atoms with Gasteiger partial charge in [0.1, 0.15) is 0 Å². The number of hydrogen-bond donors (Lipinski definition) is 2. The summed E-state index contributed by atoms with van der Waals surface area (Å²) in [6.07, 6.45) is 0. The van der Waals surface area contributed by atoms with E-state index in [0.717, 1.165) is 0 Å². The van der Waals surface area contributed by atoms with Gasteiger partial charge in [0.25, 0.3) is 5.69 Å². The van der Waals surface area contributed by atoms with E-state index in [-0.39, 0.29) is 29.9 Å². The Labute approximate surface area is 118 Å². The number of aryl methyl sites for hydroxylation is 1. The summed E-state index contributed by atoms with van der Waals surface area (Å²) in [6, 6.07) is 4.65. The van der Waals surface area contributed by atoms with Crippen LogP contribution in [0.25, 0.3) is 0 Å². The summed E-state index contributed by atoms with van der Waals surface area (Å²) in [5, 5.41) is 16.3. The molecule has 0 heterocycles. The number of hydrogen-bond acceptors (Lipinski definition) is 4. The molecule has 1 aromatic rings. The van der Waals surface area contributed by atoms with Gasteiger partial charge in [-0.3, -0.25) is 14.9 Å². The first kappa shape index (κ1) is 17.3. The molecule has 19 heavy (non-hydrogen) atoms.